The number of nitrogens with one attached hydrogen (secondary N) is 2. The van der Waals surface area contributed by atoms with E-state index in [1.165, 1.54) is 23.7 Å². The maximum atomic E-state index is 13.0. The van der Waals surface area contributed by atoms with Gasteiger partial charge in [0, 0.05) is 25.7 Å². The molecule has 0 aliphatic carbocycles. The summed E-state index contributed by atoms with van der Waals surface area (Å²) in [5, 5.41) is 16.3. The molecular weight excluding hydrogens is 541 g/mol. The summed E-state index contributed by atoms with van der Waals surface area (Å²) in [5.41, 5.74) is 1.29. The lowest BCUT2D eigenvalue weighted by Crippen LogP contribution is -2.48. The Hall–Kier alpha value is -3.60. The van der Waals surface area contributed by atoms with Crippen LogP contribution in [0.3, 0.4) is 0 Å². The second kappa shape index (κ2) is 11.6. The van der Waals surface area contributed by atoms with Crippen molar-refractivity contribution in [1.82, 2.24) is 15.5 Å². The first-order chi connectivity index (χ1) is 17.7. The molecule has 0 unspecified atom stereocenters. The lowest BCUT2D eigenvalue weighted by molar-refractivity contribution is -0.139. The molecule has 0 fully saturated rings. The van der Waals surface area contributed by atoms with E-state index >= 15 is 0 Å². The zero-order chi connectivity index (χ0) is 26.5. The highest BCUT2D eigenvalue weighted by Crippen LogP contribution is 2.34. The Morgan fingerprint density at radius 2 is 2.00 bits per heavy atom. The van der Waals surface area contributed by atoms with Crippen LogP contribution in [0.15, 0.2) is 52.5 Å². The van der Waals surface area contributed by atoms with Crippen LogP contribution in [-0.4, -0.2) is 52.8 Å². The van der Waals surface area contributed by atoms with Crippen molar-refractivity contribution in [3.8, 4) is 0 Å². The summed E-state index contributed by atoms with van der Waals surface area (Å²) in [6.45, 7) is 0.272. The fourth-order valence-electron chi connectivity index (χ4n) is 3.81. The maximum absolute atomic E-state index is 13.0. The normalized spacial score (nSPS) is 13.7. The number of hydrogen-bond acceptors (Lipinski definition) is 6. The first-order valence-corrected chi connectivity index (χ1v) is 12.7. The number of hydrogen-bond donors (Lipinski definition) is 3. The van der Waals surface area contributed by atoms with Crippen LogP contribution < -0.4 is 10.6 Å². The fourth-order valence-corrected chi connectivity index (χ4v) is 5.22. The van der Waals surface area contributed by atoms with Crippen molar-refractivity contribution < 1.29 is 28.7 Å². The van der Waals surface area contributed by atoms with Gasteiger partial charge in [0.15, 0.2) is 0 Å². The zero-order valence-corrected chi connectivity index (χ0v) is 21.5. The summed E-state index contributed by atoms with van der Waals surface area (Å²) in [6.07, 6.45) is 4.88. The summed E-state index contributed by atoms with van der Waals surface area (Å²) in [5.74, 6) is -2.22. The van der Waals surface area contributed by atoms with Gasteiger partial charge in [-0.25, -0.2) is 4.79 Å². The number of thiophene rings is 1. The lowest BCUT2D eigenvalue weighted by atomic mass is 9.96. The first kappa shape index (κ1) is 26.5. The molecule has 0 saturated carbocycles. The number of carbonyl (C=O) groups excluding carboxylic acids is 3. The van der Waals surface area contributed by atoms with Crippen LogP contribution in [0.2, 0.25) is 10.0 Å². The average Bonchev–Trinajstić information content (AvgIpc) is 3.59. The monoisotopic (exact) mass is 561 g/mol. The Morgan fingerprint density at radius 3 is 2.68 bits per heavy atom. The predicted octanol–water partition coefficient (Wildman–Crippen LogP) is 3.86. The number of carboxylic acids is 1. The molecular formula is C25H21Cl2N3O6S. The molecule has 0 radical (unpaired) electrons. The fraction of sp³-hybridized carbons (Fsp3) is 0.200. The highest BCUT2D eigenvalue weighted by molar-refractivity contribution is 7.12. The molecule has 3 aromatic rings. The number of fused-ring (bicyclic) bond motifs is 1. The van der Waals surface area contributed by atoms with Gasteiger partial charge in [0.1, 0.15) is 11.8 Å². The van der Waals surface area contributed by atoms with Gasteiger partial charge < -0.3 is 25.1 Å². The molecule has 3 N–H and O–H groups in total. The molecule has 1 aliphatic heterocycles. The van der Waals surface area contributed by atoms with E-state index in [9.17, 15) is 24.3 Å². The minimum Gasteiger partial charge on any atom is -0.480 e. The van der Waals surface area contributed by atoms with Gasteiger partial charge in [-0.05, 0) is 53.3 Å². The number of benzene rings is 1. The molecule has 3 amide bonds. The van der Waals surface area contributed by atoms with Crippen molar-refractivity contribution in [3.05, 3.63) is 85.4 Å². The molecule has 3 heterocycles. The summed E-state index contributed by atoms with van der Waals surface area (Å²) in [7, 11) is 0. The molecule has 1 aromatic carbocycles. The number of carbonyl (C=O) groups is 4. The highest BCUT2D eigenvalue weighted by atomic mass is 35.5. The standard InChI is InChI=1S/C25H21Cl2N3O6S/c26-17-11-14-13-30(20(31)6-5-15-3-1-9-36-15)8-7-16(14)22(27)21(17)24(33)29-18(25(34)35)12-28-23(32)19-4-2-10-37-19/h1-6,9-11,18H,7-8,12-13H2,(H,28,32)(H,29,33)(H,34,35)/t18-/m0/s1. The second-order valence-corrected chi connectivity index (χ2v) is 9.83. The molecule has 0 spiro atoms. The molecule has 4 rings (SSSR count). The Labute approximate surface area is 225 Å². The molecule has 0 saturated heterocycles. The smallest absolute Gasteiger partial charge is 0.328 e. The molecule has 192 valence electrons. The summed E-state index contributed by atoms with van der Waals surface area (Å²) in [6, 6.07) is 6.90. The third kappa shape index (κ3) is 6.22. The van der Waals surface area contributed by atoms with E-state index in [4.69, 9.17) is 27.6 Å². The van der Waals surface area contributed by atoms with E-state index in [1.807, 2.05) is 0 Å². The molecule has 1 aliphatic rings. The number of amides is 3. The third-order valence-corrected chi connectivity index (χ3v) is 7.28. The topological polar surface area (TPSA) is 129 Å². The zero-order valence-electron chi connectivity index (χ0n) is 19.2. The van der Waals surface area contributed by atoms with E-state index in [0.717, 1.165) is 0 Å². The van der Waals surface area contributed by atoms with Crippen LogP contribution >= 0.6 is 34.5 Å². The molecule has 0 bridgehead atoms. The number of carboxylic acid groups (broad SMARTS) is 1. The summed E-state index contributed by atoms with van der Waals surface area (Å²) >= 11 is 14.1. The van der Waals surface area contributed by atoms with Crippen LogP contribution in [0.1, 0.15) is 36.9 Å². The van der Waals surface area contributed by atoms with Crippen LogP contribution in [0.25, 0.3) is 6.08 Å². The highest BCUT2D eigenvalue weighted by Gasteiger charge is 2.29. The van der Waals surface area contributed by atoms with Crippen molar-refractivity contribution in [2.24, 2.45) is 0 Å². The summed E-state index contributed by atoms with van der Waals surface area (Å²) in [4.78, 5) is 51.5. The van der Waals surface area contributed by atoms with Crippen LogP contribution in [0.5, 0.6) is 0 Å². The minimum atomic E-state index is -1.41. The number of nitrogens with zero attached hydrogens (tertiary/aromatic N) is 1. The van der Waals surface area contributed by atoms with E-state index in [2.05, 4.69) is 10.6 Å². The van der Waals surface area contributed by atoms with Gasteiger partial charge in [-0.1, -0.05) is 29.3 Å². The number of furan rings is 1. The molecule has 2 aromatic heterocycles. The quantitative estimate of drug-likeness (QED) is 0.358. The maximum Gasteiger partial charge on any atom is 0.328 e. The van der Waals surface area contributed by atoms with Gasteiger partial charge >= 0.3 is 5.97 Å². The predicted molar refractivity (Wildman–Crippen MR) is 139 cm³/mol. The SMILES string of the molecule is O=C(NC[C@H](NC(=O)c1c(Cl)cc2c(c1Cl)CCN(C(=O)C=Cc1ccco1)C2)C(=O)O)c1cccs1. The van der Waals surface area contributed by atoms with Gasteiger partial charge in [-0.2, -0.15) is 0 Å². The van der Waals surface area contributed by atoms with Crippen molar-refractivity contribution in [1.29, 1.82) is 0 Å². The molecule has 12 heteroatoms. The minimum absolute atomic E-state index is 0.0217. The van der Waals surface area contributed by atoms with Gasteiger partial charge in [0.05, 0.1) is 26.7 Å². The Balaban J connectivity index is 1.45. The Morgan fingerprint density at radius 1 is 1.19 bits per heavy atom. The van der Waals surface area contributed by atoms with Crippen molar-refractivity contribution in [2.45, 2.75) is 19.0 Å². The van der Waals surface area contributed by atoms with E-state index in [0.29, 0.717) is 34.7 Å². The lowest BCUT2D eigenvalue weighted by Gasteiger charge is -2.29. The van der Waals surface area contributed by atoms with Crippen molar-refractivity contribution in [3.63, 3.8) is 0 Å². The van der Waals surface area contributed by atoms with Gasteiger partial charge in [-0.3, -0.25) is 14.4 Å². The third-order valence-electron chi connectivity index (χ3n) is 5.69. The molecule has 1 atom stereocenters. The van der Waals surface area contributed by atoms with Crippen molar-refractivity contribution in [2.75, 3.05) is 13.1 Å². The van der Waals surface area contributed by atoms with Gasteiger partial charge in [0.25, 0.3) is 11.8 Å². The Kier molecular flexibility index (Phi) is 8.32. The number of halogens is 2. The van der Waals surface area contributed by atoms with E-state index in [-0.39, 0.29) is 34.6 Å². The Bertz CT molecular complexity index is 1360. The largest absolute Gasteiger partial charge is 0.480 e. The summed E-state index contributed by atoms with van der Waals surface area (Å²) < 4.78 is 5.19. The molecule has 37 heavy (non-hydrogen) atoms. The molecule has 9 nitrogen and oxygen atoms in total. The van der Waals surface area contributed by atoms with E-state index < -0.39 is 23.8 Å². The second-order valence-electron chi connectivity index (χ2n) is 8.10. The number of rotatable bonds is 8. The number of aliphatic carboxylic acids is 1. The average molecular weight is 562 g/mol. The first-order valence-electron chi connectivity index (χ1n) is 11.1. The van der Waals surface area contributed by atoms with Crippen molar-refractivity contribution >= 4 is 64.3 Å². The van der Waals surface area contributed by atoms with Gasteiger partial charge in [0.2, 0.25) is 5.91 Å². The van der Waals surface area contributed by atoms with Crippen LogP contribution in [0.4, 0.5) is 0 Å². The van der Waals surface area contributed by atoms with Crippen LogP contribution in [-0.2, 0) is 22.6 Å². The van der Waals surface area contributed by atoms with E-state index in [1.54, 1.807) is 46.7 Å². The van der Waals surface area contributed by atoms with Gasteiger partial charge in [-0.15, -0.1) is 11.3 Å². The van der Waals surface area contributed by atoms with Crippen LogP contribution in [0, 0.1) is 0 Å².